The van der Waals surface area contributed by atoms with Crippen molar-refractivity contribution in [1.29, 1.82) is 0 Å². The molecule has 0 spiro atoms. The zero-order valence-electron chi connectivity index (χ0n) is 11.9. The van der Waals surface area contributed by atoms with E-state index in [1.165, 1.54) is 0 Å². The molecule has 0 saturated heterocycles. The molecular formula is C16H23NO3. The number of benzene rings is 1. The smallest absolute Gasteiger partial charge is 0.306 e. The SMILES string of the molecule is CCC(NC1CCC(C(=O)O)CC1)c1ccccc1O. The van der Waals surface area contributed by atoms with Gasteiger partial charge in [-0.15, -0.1) is 0 Å². The molecule has 1 atom stereocenters. The molecule has 3 N–H and O–H groups in total. The normalized spacial score (nSPS) is 24.2. The number of rotatable bonds is 5. The number of carboxylic acids is 1. The van der Waals surface area contributed by atoms with Crippen molar-refractivity contribution >= 4 is 5.97 Å². The van der Waals surface area contributed by atoms with Crippen LogP contribution in [0.2, 0.25) is 0 Å². The summed E-state index contributed by atoms with van der Waals surface area (Å²) < 4.78 is 0. The predicted octanol–water partition coefficient (Wildman–Crippen LogP) is 3.08. The van der Waals surface area contributed by atoms with Gasteiger partial charge < -0.3 is 15.5 Å². The second kappa shape index (κ2) is 6.75. The van der Waals surface area contributed by atoms with Crippen molar-refractivity contribution in [2.75, 3.05) is 0 Å². The molecule has 110 valence electrons. The van der Waals surface area contributed by atoms with Gasteiger partial charge in [0.1, 0.15) is 5.75 Å². The van der Waals surface area contributed by atoms with Gasteiger partial charge in [-0.3, -0.25) is 4.79 Å². The maximum absolute atomic E-state index is 11.0. The van der Waals surface area contributed by atoms with Gasteiger partial charge in [0.2, 0.25) is 0 Å². The summed E-state index contributed by atoms with van der Waals surface area (Å²) in [5, 5.41) is 22.5. The van der Waals surface area contributed by atoms with E-state index in [9.17, 15) is 9.90 Å². The first-order valence-corrected chi connectivity index (χ1v) is 7.38. The number of nitrogens with one attached hydrogen (secondary N) is 1. The quantitative estimate of drug-likeness (QED) is 0.773. The Labute approximate surface area is 119 Å². The van der Waals surface area contributed by atoms with Gasteiger partial charge in [0.15, 0.2) is 0 Å². The van der Waals surface area contributed by atoms with Gasteiger partial charge in [0.25, 0.3) is 0 Å². The van der Waals surface area contributed by atoms with Crippen molar-refractivity contribution in [2.45, 2.75) is 51.1 Å². The summed E-state index contributed by atoms with van der Waals surface area (Å²) >= 11 is 0. The fourth-order valence-electron chi connectivity index (χ4n) is 3.00. The van der Waals surface area contributed by atoms with E-state index in [1.807, 2.05) is 18.2 Å². The lowest BCUT2D eigenvalue weighted by atomic mass is 9.85. The monoisotopic (exact) mass is 277 g/mol. The maximum Gasteiger partial charge on any atom is 0.306 e. The lowest BCUT2D eigenvalue weighted by Gasteiger charge is -2.31. The third kappa shape index (κ3) is 3.51. The van der Waals surface area contributed by atoms with Crippen LogP contribution < -0.4 is 5.32 Å². The minimum absolute atomic E-state index is 0.127. The third-order valence-corrected chi connectivity index (χ3v) is 4.23. The highest BCUT2D eigenvalue weighted by Gasteiger charge is 2.27. The van der Waals surface area contributed by atoms with Crippen LogP contribution in [-0.4, -0.2) is 22.2 Å². The van der Waals surface area contributed by atoms with E-state index in [4.69, 9.17) is 5.11 Å². The van der Waals surface area contributed by atoms with Gasteiger partial charge in [-0.25, -0.2) is 0 Å². The van der Waals surface area contributed by atoms with Gasteiger partial charge >= 0.3 is 5.97 Å². The van der Waals surface area contributed by atoms with Crippen LogP contribution in [0.4, 0.5) is 0 Å². The third-order valence-electron chi connectivity index (χ3n) is 4.23. The Morgan fingerprint density at radius 2 is 1.95 bits per heavy atom. The van der Waals surface area contributed by atoms with Gasteiger partial charge in [-0.05, 0) is 38.2 Å². The lowest BCUT2D eigenvalue weighted by Crippen LogP contribution is -2.37. The van der Waals surface area contributed by atoms with Gasteiger partial charge in [-0.1, -0.05) is 25.1 Å². The number of aliphatic carboxylic acids is 1. The van der Waals surface area contributed by atoms with Crippen molar-refractivity contribution < 1.29 is 15.0 Å². The molecular weight excluding hydrogens is 254 g/mol. The van der Waals surface area contributed by atoms with Crippen LogP contribution in [-0.2, 0) is 4.79 Å². The highest BCUT2D eigenvalue weighted by molar-refractivity contribution is 5.70. The zero-order chi connectivity index (χ0) is 14.5. The Bertz CT molecular complexity index is 453. The molecule has 1 aromatic carbocycles. The number of phenolic OH excluding ortho intramolecular Hbond substituents is 1. The number of phenols is 1. The number of hydrogen-bond acceptors (Lipinski definition) is 3. The second-order valence-electron chi connectivity index (χ2n) is 5.57. The molecule has 1 fully saturated rings. The summed E-state index contributed by atoms with van der Waals surface area (Å²) in [6, 6.07) is 7.88. The van der Waals surface area contributed by atoms with Crippen molar-refractivity contribution in [3.05, 3.63) is 29.8 Å². The predicted molar refractivity (Wildman–Crippen MR) is 77.7 cm³/mol. The average molecular weight is 277 g/mol. The van der Waals surface area contributed by atoms with E-state index in [2.05, 4.69) is 12.2 Å². The molecule has 0 amide bonds. The second-order valence-corrected chi connectivity index (χ2v) is 5.57. The number of hydrogen-bond donors (Lipinski definition) is 3. The van der Waals surface area contributed by atoms with Crippen LogP contribution in [0.1, 0.15) is 50.6 Å². The summed E-state index contributed by atoms with van der Waals surface area (Å²) in [5.41, 5.74) is 0.926. The highest BCUT2D eigenvalue weighted by Crippen LogP contribution is 2.30. The van der Waals surface area contributed by atoms with E-state index in [1.54, 1.807) is 6.07 Å². The number of aromatic hydroxyl groups is 1. The molecule has 0 bridgehead atoms. The topological polar surface area (TPSA) is 69.6 Å². The fraction of sp³-hybridized carbons (Fsp3) is 0.562. The molecule has 1 unspecified atom stereocenters. The lowest BCUT2D eigenvalue weighted by molar-refractivity contribution is -0.142. The van der Waals surface area contributed by atoms with Crippen LogP contribution in [0.3, 0.4) is 0 Å². The Balaban J connectivity index is 1.95. The molecule has 0 heterocycles. The summed E-state index contributed by atoms with van der Waals surface area (Å²) in [7, 11) is 0. The first-order valence-electron chi connectivity index (χ1n) is 7.38. The van der Waals surface area contributed by atoms with Crippen LogP contribution in [0.15, 0.2) is 24.3 Å². The highest BCUT2D eigenvalue weighted by atomic mass is 16.4. The molecule has 20 heavy (non-hydrogen) atoms. The number of carboxylic acid groups (broad SMARTS) is 1. The summed E-state index contributed by atoms with van der Waals surface area (Å²) in [6.07, 6.45) is 4.16. The van der Waals surface area contributed by atoms with Crippen LogP contribution in [0.5, 0.6) is 5.75 Å². The largest absolute Gasteiger partial charge is 0.508 e. The number of carbonyl (C=O) groups is 1. The Kier molecular flexibility index (Phi) is 5.01. The van der Waals surface area contributed by atoms with E-state index in [0.29, 0.717) is 11.8 Å². The minimum Gasteiger partial charge on any atom is -0.508 e. The van der Waals surface area contributed by atoms with Crippen molar-refractivity contribution in [3.8, 4) is 5.75 Å². The standard InChI is InChI=1S/C16H23NO3/c1-2-14(13-5-3-4-6-15(13)18)17-12-9-7-11(8-10-12)16(19)20/h3-6,11-12,14,17-18H,2,7-10H2,1H3,(H,19,20). The molecule has 1 aromatic rings. The van der Waals surface area contributed by atoms with Crippen molar-refractivity contribution in [2.24, 2.45) is 5.92 Å². The van der Waals surface area contributed by atoms with Crippen LogP contribution in [0.25, 0.3) is 0 Å². The molecule has 2 rings (SSSR count). The van der Waals surface area contributed by atoms with Crippen molar-refractivity contribution in [1.82, 2.24) is 5.32 Å². The molecule has 1 aliphatic rings. The minimum atomic E-state index is -0.670. The Morgan fingerprint density at radius 1 is 1.30 bits per heavy atom. The molecule has 4 heteroatoms. The van der Waals surface area contributed by atoms with E-state index < -0.39 is 5.97 Å². The first kappa shape index (κ1) is 14.9. The van der Waals surface area contributed by atoms with Crippen molar-refractivity contribution in [3.63, 3.8) is 0 Å². The van der Waals surface area contributed by atoms with Gasteiger partial charge in [0.05, 0.1) is 5.92 Å². The first-order chi connectivity index (χ1) is 9.61. The molecule has 0 radical (unpaired) electrons. The van der Waals surface area contributed by atoms with Crippen LogP contribution in [0, 0.1) is 5.92 Å². The summed E-state index contributed by atoms with van der Waals surface area (Å²) in [6.45, 7) is 2.09. The molecule has 1 saturated carbocycles. The maximum atomic E-state index is 11.0. The summed E-state index contributed by atoms with van der Waals surface area (Å²) in [4.78, 5) is 11.0. The Hall–Kier alpha value is -1.55. The molecule has 4 nitrogen and oxygen atoms in total. The number of para-hydroxylation sites is 1. The van der Waals surface area contributed by atoms with Gasteiger partial charge in [0, 0.05) is 17.6 Å². The zero-order valence-corrected chi connectivity index (χ0v) is 11.9. The Morgan fingerprint density at radius 3 is 2.50 bits per heavy atom. The van der Waals surface area contributed by atoms with Gasteiger partial charge in [-0.2, -0.15) is 0 Å². The fourth-order valence-corrected chi connectivity index (χ4v) is 3.00. The van der Waals surface area contributed by atoms with Crippen LogP contribution >= 0.6 is 0 Å². The summed E-state index contributed by atoms with van der Waals surface area (Å²) in [5.74, 6) is -0.527. The molecule has 0 aromatic heterocycles. The van der Waals surface area contributed by atoms with E-state index in [-0.39, 0.29) is 12.0 Å². The molecule has 1 aliphatic carbocycles. The average Bonchev–Trinajstić information content (AvgIpc) is 2.46. The van der Waals surface area contributed by atoms with E-state index >= 15 is 0 Å². The van der Waals surface area contributed by atoms with E-state index in [0.717, 1.165) is 37.7 Å². The molecule has 0 aliphatic heterocycles.